The number of hydrogen-bond acceptors (Lipinski definition) is 25. The first-order chi connectivity index (χ1) is 61.7. The summed E-state index contributed by atoms with van der Waals surface area (Å²) in [6.45, 7) is 21.8. The van der Waals surface area contributed by atoms with Crippen LogP contribution in [0.4, 0.5) is 45.5 Å². The summed E-state index contributed by atoms with van der Waals surface area (Å²) in [4.78, 5) is 94.0. The van der Waals surface area contributed by atoms with Gasteiger partial charge in [0.05, 0.1) is 107 Å². The molecule has 5 atom stereocenters. The van der Waals surface area contributed by atoms with Gasteiger partial charge in [-0.1, -0.05) is 70.7 Å². The lowest BCUT2D eigenvalue weighted by Gasteiger charge is -2.36. The smallest absolute Gasteiger partial charge is 0.319 e. The highest BCUT2D eigenvalue weighted by Crippen LogP contribution is 2.51. The number of nitrogens with one attached hydrogen (secondary N) is 5. The molecular formula is C94H103Br3Cl4N8O22. The number of halogens is 7. The number of aliphatic hydroxyl groups excluding tert-OH is 4. The first-order valence-corrected chi connectivity index (χ1v) is 45.2. The summed E-state index contributed by atoms with van der Waals surface area (Å²) in [5.74, 6) is -0.0104. The van der Waals surface area contributed by atoms with E-state index in [0.717, 1.165) is 86.9 Å². The number of carbonyl (C=O) groups excluding carboxylic acids is 8. The average molecular weight is 2080 g/mol. The number of ketones is 2. The number of esters is 1. The first-order valence-electron chi connectivity index (χ1n) is 41.3. The molecule has 30 nitrogen and oxygen atoms in total. The van der Waals surface area contributed by atoms with Gasteiger partial charge >= 0.3 is 5.97 Å². The predicted molar refractivity (Wildman–Crippen MR) is 515 cm³/mol. The van der Waals surface area contributed by atoms with E-state index in [1.54, 1.807) is 77.9 Å². The monoisotopic (exact) mass is 2070 g/mol. The number of Topliss-reactive ketones (excluding diaryl/α,β-unsaturated/α-hetero) is 2. The molecule has 1 saturated heterocycles. The Morgan fingerprint density at radius 2 is 0.847 bits per heavy atom. The van der Waals surface area contributed by atoms with Gasteiger partial charge in [0.15, 0.2) is 34.5 Å². The molecule has 700 valence electrons. The molecule has 16 N–H and O–H groups in total. The molecule has 8 aliphatic heterocycles. The fraction of sp³-hybridized carbons (Fsp3) is 0.362. The Balaban J connectivity index is 0.000000163. The van der Waals surface area contributed by atoms with Crippen molar-refractivity contribution in [3.8, 4) is 56.8 Å². The number of phenols is 1. The number of benzene rings is 8. The van der Waals surface area contributed by atoms with E-state index in [-0.39, 0.29) is 53.2 Å². The van der Waals surface area contributed by atoms with Crippen LogP contribution in [0.1, 0.15) is 129 Å². The zero-order valence-electron chi connectivity index (χ0n) is 73.8. The molecule has 0 aliphatic carbocycles. The van der Waals surface area contributed by atoms with E-state index in [1.165, 1.54) is 33.8 Å². The van der Waals surface area contributed by atoms with E-state index in [9.17, 15) is 53.7 Å². The summed E-state index contributed by atoms with van der Waals surface area (Å²) in [6, 6.07) is 32.6. The molecule has 16 rings (SSSR count). The number of amides is 5. The minimum atomic E-state index is -1.50. The van der Waals surface area contributed by atoms with Crippen molar-refractivity contribution in [2.24, 2.45) is 5.41 Å². The molecule has 8 heterocycles. The van der Waals surface area contributed by atoms with E-state index in [0.29, 0.717) is 148 Å². The number of nitrogens with two attached hydrogens (primary N) is 3. The molecule has 131 heavy (non-hydrogen) atoms. The maximum Gasteiger partial charge on any atom is 0.319 e. The lowest BCUT2D eigenvalue weighted by Crippen LogP contribution is -2.53. The van der Waals surface area contributed by atoms with Crippen molar-refractivity contribution in [2.75, 3.05) is 116 Å². The zero-order valence-corrected chi connectivity index (χ0v) is 81.6. The number of rotatable bonds is 13. The summed E-state index contributed by atoms with van der Waals surface area (Å²) < 4.78 is 51.7. The Kier molecular flexibility index (Phi) is 34.0. The van der Waals surface area contributed by atoms with Crippen LogP contribution in [-0.2, 0) is 57.3 Å². The second-order valence-corrected chi connectivity index (χ2v) is 37.3. The SMILES string of the molecule is CC(=O)C1(C)Oc2c(Br)cc(Cl)cc2NC1=O.CC1(CO)Oc2c(Br)cc(Cl)cc2NC1=O.CC1(CO)Oc2c(cc(Cl)cc2C2=CCOCC2)NC1=O.CCOC(=O)C(C)(C)C(C)=O.Cc1ccc(N)cc1-c1cc2c(c(C3=CCOCC3)c1)OC(C)(CO)C(=O)N2.Cc1ccc(N)cc1-c1cc2c(c(C3CCOCC3)c1)OC(C)(CO)C(=O)N2.Nc1cc(Cl)cc(Br)c1O. The second kappa shape index (κ2) is 43.3. The highest BCUT2D eigenvalue weighted by molar-refractivity contribution is 9.11. The molecule has 0 bridgehead atoms. The number of aromatic hydroxyl groups is 1. The molecule has 5 unspecified atom stereocenters. The van der Waals surface area contributed by atoms with Gasteiger partial charge in [-0.05, 0) is 304 Å². The van der Waals surface area contributed by atoms with Crippen LogP contribution in [0.2, 0.25) is 20.1 Å². The lowest BCUT2D eigenvalue weighted by atomic mass is 9.86. The Bertz CT molecular complexity index is 5820. The maximum absolute atomic E-state index is 12.5. The lowest BCUT2D eigenvalue weighted by molar-refractivity contribution is -0.157. The van der Waals surface area contributed by atoms with Crippen LogP contribution in [0.25, 0.3) is 33.4 Å². The number of nitrogen functional groups attached to an aromatic ring is 3. The van der Waals surface area contributed by atoms with Gasteiger partial charge in [0.1, 0.15) is 16.9 Å². The van der Waals surface area contributed by atoms with Crippen molar-refractivity contribution in [3.63, 3.8) is 0 Å². The highest BCUT2D eigenvalue weighted by Gasteiger charge is 2.48. The molecule has 0 aromatic heterocycles. The Morgan fingerprint density at radius 1 is 0.473 bits per heavy atom. The molecular weight excluding hydrogens is 1970 g/mol. The van der Waals surface area contributed by atoms with Gasteiger partial charge in [-0.15, -0.1) is 0 Å². The molecule has 8 aromatic rings. The van der Waals surface area contributed by atoms with Crippen molar-refractivity contribution in [2.45, 2.75) is 143 Å². The van der Waals surface area contributed by atoms with Crippen LogP contribution in [0.3, 0.4) is 0 Å². The summed E-state index contributed by atoms with van der Waals surface area (Å²) in [5.41, 5.74) is 25.2. The van der Waals surface area contributed by atoms with E-state index < -0.39 is 71.0 Å². The van der Waals surface area contributed by atoms with Gasteiger partial charge in [-0.25, -0.2) is 0 Å². The van der Waals surface area contributed by atoms with Gasteiger partial charge < -0.3 is 112 Å². The molecule has 8 aromatic carbocycles. The van der Waals surface area contributed by atoms with Crippen molar-refractivity contribution >= 4 is 198 Å². The van der Waals surface area contributed by atoms with Crippen molar-refractivity contribution < 1.29 is 107 Å². The van der Waals surface area contributed by atoms with E-state index >= 15 is 0 Å². The van der Waals surface area contributed by atoms with Crippen LogP contribution >= 0.6 is 94.2 Å². The molecule has 1 fully saturated rings. The van der Waals surface area contributed by atoms with Gasteiger partial charge in [0, 0.05) is 61.4 Å². The quantitative estimate of drug-likeness (QED) is 0.0221. The highest BCUT2D eigenvalue weighted by atomic mass is 79.9. The largest absolute Gasteiger partial charge is 0.505 e. The number of fused-ring (bicyclic) bond motifs is 5. The number of aryl methyl sites for hydroxylation is 2. The van der Waals surface area contributed by atoms with E-state index in [4.69, 9.17) is 116 Å². The molecule has 5 amide bonds. The maximum atomic E-state index is 12.5. The van der Waals surface area contributed by atoms with Gasteiger partial charge in [0.2, 0.25) is 28.0 Å². The average Bonchev–Trinajstić information content (AvgIpc) is 0.789. The van der Waals surface area contributed by atoms with Crippen LogP contribution in [0.5, 0.6) is 34.5 Å². The van der Waals surface area contributed by atoms with Crippen LogP contribution in [0.15, 0.2) is 135 Å². The topological polar surface area (TPSA) is 459 Å². The number of carbonyl (C=O) groups is 8. The Labute approximate surface area is 802 Å². The van der Waals surface area contributed by atoms with Crippen LogP contribution < -0.4 is 67.5 Å². The van der Waals surface area contributed by atoms with Crippen LogP contribution in [-0.4, -0.2) is 173 Å². The number of phenolic OH excluding ortho intramolecular Hbond substituents is 1. The molecule has 0 saturated carbocycles. The van der Waals surface area contributed by atoms with Crippen LogP contribution in [0, 0.1) is 19.3 Å². The number of ether oxygens (including phenoxy) is 9. The number of aliphatic hydroxyl groups is 4. The third kappa shape index (κ3) is 23.9. The van der Waals surface area contributed by atoms with Crippen molar-refractivity contribution in [3.05, 3.63) is 183 Å². The molecule has 0 radical (unpaired) electrons. The first kappa shape index (κ1) is 103. The summed E-state index contributed by atoms with van der Waals surface area (Å²) in [5, 5.41) is 63.0. The number of anilines is 8. The fourth-order valence-electron chi connectivity index (χ4n) is 13.8. The fourth-order valence-corrected chi connectivity index (χ4v) is 16.7. The normalized spacial score (nSPS) is 20.7. The van der Waals surface area contributed by atoms with Crippen molar-refractivity contribution in [1.29, 1.82) is 0 Å². The summed E-state index contributed by atoms with van der Waals surface area (Å²) in [6.07, 6.45) is 7.29. The van der Waals surface area contributed by atoms with Gasteiger partial charge in [0.25, 0.3) is 29.5 Å². The summed E-state index contributed by atoms with van der Waals surface area (Å²) in [7, 11) is 0. The Hall–Kier alpha value is -10.1. The van der Waals surface area contributed by atoms with E-state index in [2.05, 4.69) is 86.5 Å². The predicted octanol–water partition coefficient (Wildman–Crippen LogP) is 17.1. The third-order valence-electron chi connectivity index (χ3n) is 22.5. The minimum absolute atomic E-state index is 0.0319. The minimum Gasteiger partial charge on any atom is -0.505 e. The second-order valence-electron chi connectivity index (χ2n) is 33.0. The molecule has 8 aliphatic rings. The molecule has 37 heteroatoms. The van der Waals surface area contributed by atoms with Gasteiger partial charge in [-0.3, -0.25) is 38.4 Å². The number of hydrogen-bond donors (Lipinski definition) is 13. The standard InChI is InChI=1S/C22H26N2O4.C22H24N2O4.C15H16ClNO4.C11H9BrClNO3.C10H9BrClNO3.C8H14O3.C6H5BrClNO/c2*1-13-3-4-16(23)11-17(13)15-9-18(14-5-7-27-8-6-14)20-19(10-15)24-21(26)22(2,12-25)28-20;1-15(8-18)14(19)17-12-7-10(16)6-11(13(12)21-15)9-2-4-20-5-3-9;1-5(15)11(2)10(16)14-8-4-6(13)3-7(12)9(8)17-11;1-10(4-14)9(15)13-7-3-5(12)2-6(11)8(7)16-10;1-5-11-7(10)8(3,4)6(2)9;7-4-1-3(8)2-5(9)6(4)10/h3-4,9-11,14,25H,5-8,12,23H2,1-2H3,(H,24,26);3-5,9-11,25H,6-8,12,23H2,1-2H3,(H,24,26);2,6-7,18H,3-5,8H2,1H3,(H,17,19);3-4H,1-2H3,(H,14,16);2-3,14H,4H2,1H3,(H,13,15);5H2,1-4H3;1-2,10H,9H2. The zero-order chi connectivity index (χ0) is 96.3. The third-order valence-corrected chi connectivity index (χ3v) is 25.2. The van der Waals surface area contributed by atoms with Crippen molar-refractivity contribution in [1.82, 2.24) is 0 Å². The Morgan fingerprint density at radius 3 is 1.26 bits per heavy atom. The summed E-state index contributed by atoms with van der Waals surface area (Å²) >= 11 is 33.1. The van der Waals surface area contributed by atoms with E-state index in [1.807, 2.05) is 80.6 Å². The molecule has 0 spiro atoms. The van der Waals surface area contributed by atoms with Gasteiger partial charge in [-0.2, -0.15) is 0 Å².